The molecule has 1 N–H and O–H groups in total. The quantitative estimate of drug-likeness (QED) is 0.749. The molecule has 3 nitrogen and oxygen atoms in total. The van der Waals surface area contributed by atoms with Crippen molar-refractivity contribution >= 4 is 9.04 Å². The second-order valence-corrected chi connectivity index (χ2v) is 10.1. The maximum Gasteiger partial charge on any atom is 0.171 e. The normalized spacial score (nSPS) is 14.4. The standard InChI is InChI=1S/C21H30O3Si/c1-21(2,3)20(24-25(5)6)17-13-12-16(14-18(17)23-4)19(22)15-10-8-7-9-11-15/h7-14,19-20,22,25H,1-6H3. The second kappa shape index (κ2) is 8.17. The van der Waals surface area contributed by atoms with Crippen molar-refractivity contribution in [3.63, 3.8) is 0 Å². The third kappa shape index (κ3) is 4.94. The van der Waals surface area contributed by atoms with E-state index in [1.54, 1.807) is 7.11 Å². The van der Waals surface area contributed by atoms with E-state index in [0.717, 1.165) is 22.4 Å². The zero-order valence-corrected chi connectivity index (χ0v) is 17.3. The Morgan fingerprint density at radius 2 is 1.60 bits per heavy atom. The Morgan fingerprint density at radius 1 is 0.960 bits per heavy atom. The van der Waals surface area contributed by atoms with E-state index in [-0.39, 0.29) is 11.5 Å². The smallest absolute Gasteiger partial charge is 0.171 e. The largest absolute Gasteiger partial charge is 0.496 e. The summed E-state index contributed by atoms with van der Waals surface area (Å²) in [6.45, 7) is 10.9. The first-order chi connectivity index (χ1) is 11.7. The summed E-state index contributed by atoms with van der Waals surface area (Å²) in [6.07, 6.45) is -0.699. The number of rotatable bonds is 6. The van der Waals surface area contributed by atoms with Crippen LogP contribution in [-0.2, 0) is 4.43 Å². The lowest BCUT2D eigenvalue weighted by Crippen LogP contribution is -2.26. The molecule has 0 aromatic heterocycles. The van der Waals surface area contributed by atoms with Crippen LogP contribution in [0.2, 0.25) is 13.1 Å². The Morgan fingerprint density at radius 3 is 2.12 bits per heavy atom. The molecule has 0 aliphatic heterocycles. The van der Waals surface area contributed by atoms with Crippen LogP contribution < -0.4 is 4.74 Å². The predicted molar refractivity (Wildman–Crippen MR) is 106 cm³/mol. The molecule has 0 bridgehead atoms. The molecule has 2 aromatic carbocycles. The van der Waals surface area contributed by atoms with Gasteiger partial charge < -0.3 is 14.3 Å². The average molecular weight is 359 g/mol. The number of aliphatic hydroxyl groups is 1. The van der Waals surface area contributed by atoms with E-state index in [9.17, 15) is 5.11 Å². The highest BCUT2D eigenvalue weighted by molar-refractivity contribution is 6.48. The molecule has 0 radical (unpaired) electrons. The molecule has 0 fully saturated rings. The van der Waals surface area contributed by atoms with Crippen molar-refractivity contribution in [2.75, 3.05) is 7.11 Å². The van der Waals surface area contributed by atoms with E-state index in [4.69, 9.17) is 9.16 Å². The minimum absolute atomic E-state index is 0.0305. The van der Waals surface area contributed by atoms with Gasteiger partial charge in [0.1, 0.15) is 11.9 Å². The molecule has 2 aromatic rings. The topological polar surface area (TPSA) is 38.7 Å². The molecule has 136 valence electrons. The van der Waals surface area contributed by atoms with E-state index in [1.165, 1.54) is 0 Å². The first-order valence-corrected chi connectivity index (χ1v) is 11.6. The lowest BCUT2D eigenvalue weighted by molar-refractivity contribution is 0.0839. The van der Waals surface area contributed by atoms with Crippen molar-refractivity contribution in [3.8, 4) is 5.75 Å². The Bertz CT molecular complexity index is 677. The van der Waals surface area contributed by atoms with Gasteiger partial charge in [0.15, 0.2) is 9.04 Å². The number of aliphatic hydroxyl groups excluding tert-OH is 1. The van der Waals surface area contributed by atoms with Gasteiger partial charge in [0.25, 0.3) is 0 Å². The zero-order chi connectivity index (χ0) is 18.6. The lowest BCUT2D eigenvalue weighted by Gasteiger charge is -2.34. The van der Waals surface area contributed by atoms with Gasteiger partial charge in [-0.15, -0.1) is 0 Å². The molecule has 0 aliphatic carbocycles. The van der Waals surface area contributed by atoms with Crippen LogP contribution in [0.5, 0.6) is 5.75 Å². The van der Waals surface area contributed by atoms with E-state index in [2.05, 4.69) is 33.9 Å². The Kier molecular flexibility index (Phi) is 6.44. The van der Waals surface area contributed by atoms with Crippen LogP contribution in [0.3, 0.4) is 0 Å². The molecule has 2 unspecified atom stereocenters. The molecule has 2 atom stereocenters. The van der Waals surface area contributed by atoms with Gasteiger partial charge in [-0.3, -0.25) is 0 Å². The minimum atomic E-state index is -1.22. The number of hydrogen-bond donors (Lipinski definition) is 1. The fraction of sp³-hybridized carbons (Fsp3) is 0.429. The molecule has 0 saturated heterocycles. The van der Waals surface area contributed by atoms with Crippen LogP contribution in [0.15, 0.2) is 48.5 Å². The van der Waals surface area contributed by atoms with Crippen LogP contribution in [-0.4, -0.2) is 21.3 Å². The van der Waals surface area contributed by atoms with Gasteiger partial charge in [0, 0.05) is 5.56 Å². The van der Waals surface area contributed by atoms with Gasteiger partial charge in [0.05, 0.1) is 13.2 Å². The van der Waals surface area contributed by atoms with Gasteiger partial charge >= 0.3 is 0 Å². The minimum Gasteiger partial charge on any atom is -0.496 e. The summed E-state index contributed by atoms with van der Waals surface area (Å²) in [5, 5.41) is 10.7. The number of methoxy groups -OCH3 is 1. The number of ether oxygens (including phenoxy) is 1. The van der Waals surface area contributed by atoms with Crippen LogP contribution >= 0.6 is 0 Å². The molecular weight excluding hydrogens is 328 g/mol. The van der Waals surface area contributed by atoms with Crippen molar-refractivity contribution in [3.05, 3.63) is 65.2 Å². The number of benzene rings is 2. The lowest BCUT2D eigenvalue weighted by atomic mass is 9.84. The SMILES string of the molecule is COc1cc(C(O)c2ccccc2)ccc1C(O[SiH](C)C)C(C)(C)C. The highest BCUT2D eigenvalue weighted by Crippen LogP contribution is 2.41. The molecule has 0 saturated carbocycles. The van der Waals surface area contributed by atoms with Gasteiger partial charge in [-0.2, -0.15) is 0 Å². The highest BCUT2D eigenvalue weighted by atomic mass is 28.3. The first-order valence-electron chi connectivity index (χ1n) is 8.80. The summed E-state index contributed by atoms with van der Waals surface area (Å²) in [5.74, 6) is 0.766. The first kappa shape index (κ1) is 19.7. The highest BCUT2D eigenvalue weighted by Gasteiger charge is 2.30. The third-order valence-electron chi connectivity index (χ3n) is 4.17. The summed E-state index contributed by atoms with van der Waals surface area (Å²) in [6, 6.07) is 15.6. The van der Waals surface area contributed by atoms with Gasteiger partial charge in [-0.05, 0) is 35.7 Å². The van der Waals surface area contributed by atoms with Crippen molar-refractivity contribution in [2.45, 2.75) is 46.1 Å². The van der Waals surface area contributed by atoms with Crippen molar-refractivity contribution < 1.29 is 14.3 Å². The molecule has 0 spiro atoms. The summed E-state index contributed by atoms with van der Waals surface area (Å²) < 4.78 is 12.0. The third-order valence-corrected chi connectivity index (χ3v) is 4.98. The summed E-state index contributed by atoms with van der Waals surface area (Å²) in [5.41, 5.74) is 2.70. The van der Waals surface area contributed by atoms with Gasteiger partial charge in [-0.1, -0.05) is 63.2 Å². The van der Waals surface area contributed by atoms with Crippen LogP contribution in [0.4, 0.5) is 0 Å². The van der Waals surface area contributed by atoms with Crippen molar-refractivity contribution in [1.82, 2.24) is 0 Å². The van der Waals surface area contributed by atoms with Crippen LogP contribution in [0.1, 0.15) is 49.7 Å². The van der Waals surface area contributed by atoms with E-state index >= 15 is 0 Å². The van der Waals surface area contributed by atoms with E-state index in [1.807, 2.05) is 48.5 Å². The average Bonchev–Trinajstić information content (AvgIpc) is 2.58. The van der Waals surface area contributed by atoms with Crippen LogP contribution in [0, 0.1) is 5.41 Å². The van der Waals surface area contributed by atoms with Crippen molar-refractivity contribution in [2.24, 2.45) is 5.41 Å². The van der Waals surface area contributed by atoms with Gasteiger partial charge in [-0.25, -0.2) is 0 Å². The molecule has 4 heteroatoms. The monoisotopic (exact) mass is 358 g/mol. The van der Waals surface area contributed by atoms with Crippen molar-refractivity contribution in [1.29, 1.82) is 0 Å². The molecule has 0 aliphatic rings. The summed E-state index contributed by atoms with van der Waals surface area (Å²) in [4.78, 5) is 0. The molecule has 2 rings (SSSR count). The Hall–Kier alpha value is -1.62. The Balaban J connectivity index is 2.41. The zero-order valence-electron chi connectivity index (χ0n) is 16.1. The molecule has 25 heavy (non-hydrogen) atoms. The molecule has 0 heterocycles. The summed E-state index contributed by atoms with van der Waals surface area (Å²) >= 11 is 0. The van der Waals surface area contributed by atoms with Crippen LogP contribution in [0.25, 0.3) is 0 Å². The van der Waals surface area contributed by atoms with Gasteiger partial charge in [0.2, 0.25) is 0 Å². The Labute approximate surface area is 153 Å². The maximum absolute atomic E-state index is 10.7. The second-order valence-electron chi connectivity index (χ2n) is 7.75. The molecule has 0 amide bonds. The fourth-order valence-corrected chi connectivity index (χ4v) is 4.06. The fourth-order valence-electron chi connectivity index (χ4n) is 2.96. The summed E-state index contributed by atoms with van der Waals surface area (Å²) in [7, 11) is 0.455. The molecular formula is C21H30O3Si. The maximum atomic E-state index is 10.7. The van der Waals surface area contributed by atoms with E-state index < -0.39 is 15.1 Å². The van der Waals surface area contributed by atoms with E-state index in [0.29, 0.717) is 0 Å². The predicted octanol–water partition coefficient (Wildman–Crippen LogP) is 4.86. The number of hydrogen-bond acceptors (Lipinski definition) is 3.